The number of rotatable bonds is 2. The van der Waals surface area contributed by atoms with Crippen molar-refractivity contribution in [2.24, 2.45) is 0 Å². The van der Waals surface area contributed by atoms with Crippen molar-refractivity contribution in [1.82, 2.24) is 8.96 Å². The van der Waals surface area contributed by atoms with Gasteiger partial charge in [0.1, 0.15) is 5.82 Å². The normalized spacial score (nSPS) is 11.4. The lowest BCUT2D eigenvalue weighted by atomic mass is 10.7. The third kappa shape index (κ3) is 2.32. The summed E-state index contributed by atoms with van der Waals surface area (Å²) in [7, 11) is -3.39. The van der Waals surface area contributed by atoms with Gasteiger partial charge in [-0.15, -0.1) is 0 Å². The maximum Gasteiger partial charge on any atom is 0.309 e. The van der Waals surface area contributed by atoms with Crippen molar-refractivity contribution >= 4 is 16.0 Å². The van der Waals surface area contributed by atoms with E-state index in [1.165, 1.54) is 13.8 Å². The number of carbonyl (C=O) groups excluding carboxylic acids is 1. The number of ether oxygens (including phenoxy) is 1. The highest BCUT2D eigenvalue weighted by Gasteiger charge is 2.13. The Labute approximate surface area is 81.6 Å². The third-order valence-electron chi connectivity index (χ3n) is 1.42. The fourth-order valence-corrected chi connectivity index (χ4v) is 1.77. The summed E-state index contributed by atoms with van der Waals surface area (Å²) >= 11 is 0. The van der Waals surface area contributed by atoms with E-state index < -0.39 is 16.0 Å². The molecule has 14 heavy (non-hydrogen) atoms. The van der Waals surface area contributed by atoms with Crippen molar-refractivity contribution in [3.63, 3.8) is 0 Å². The molecule has 0 radical (unpaired) electrons. The van der Waals surface area contributed by atoms with Crippen LogP contribution in [-0.2, 0) is 14.8 Å². The Balaban J connectivity index is 3.12. The highest BCUT2D eigenvalue weighted by atomic mass is 32.2. The topological polar surface area (TPSA) is 78.3 Å². The number of aromatic nitrogens is 2. The molecule has 0 fully saturated rings. The van der Waals surface area contributed by atoms with Crippen LogP contribution in [0.25, 0.3) is 0 Å². The second-order valence-electron chi connectivity index (χ2n) is 2.78. The van der Waals surface area contributed by atoms with E-state index in [2.05, 4.69) is 9.72 Å². The van der Waals surface area contributed by atoms with Crippen LogP contribution in [0.15, 0.2) is 6.20 Å². The Morgan fingerprint density at radius 3 is 2.50 bits per heavy atom. The van der Waals surface area contributed by atoms with Gasteiger partial charge in [0.25, 0.3) is 0 Å². The number of aryl methyl sites for hydroxylation is 1. The van der Waals surface area contributed by atoms with E-state index in [1.54, 1.807) is 0 Å². The standard InChI is InChI=1S/C7H10N2O4S/c1-5-8-7(13-6(2)10)4-9(5)14(3,11)12/h4H,1-3H3. The number of carbonyl (C=O) groups is 1. The highest BCUT2D eigenvalue weighted by molar-refractivity contribution is 7.89. The second-order valence-corrected chi connectivity index (χ2v) is 4.64. The summed E-state index contributed by atoms with van der Waals surface area (Å²) in [5.41, 5.74) is 0. The molecule has 1 aromatic rings. The summed E-state index contributed by atoms with van der Waals surface area (Å²) in [6, 6.07) is 0. The Morgan fingerprint density at radius 2 is 2.14 bits per heavy atom. The minimum absolute atomic E-state index is 0.0135. The molecule has 0 atom stereocenters. The first kappa shape index (κ1) is 10.7. The zero-order valence-corrected chi connectivity index (χ0v) is 8.83. The summed E-state index contributed by atoms with van der Waals surface area (Å²) in [5, 5.41) is 0. The molecule has 78 valence electrons. The molecular formula is C7H10N2O4S. The smallest absolute Gasteiger partial charge is 0.309 e. The average Bonchev–Trinajstić information content (AvgIpc) is 2.27. The number of nitrogens with zero attached hydrogens (tertiary/aromatic N) is 2. The van der Waals surface area contributed by atoms with Crippen LogP contribution in [-0.4, -0.2) is 29.6 Å². The molecular weight excluding hydrogens is 208 g/mol. The summed E-state index contributed by atoms with van der Waals surface area (Å²) in [6.45, 7) is 2.73. The zero-order chi connectivity index (χ0) is 10.9. The van der Waals surface area contributed by atoms with Gasteiger partial charge in [0, 0.05) is 6.92 Å². The van der Waals surface area contributed by atoms with Gasteiger partial charge in [0.05, 0.1) is 12.5 Å². The lowest BCUT2D eigenvalue weighted by Crippen LogP contribution is -2.10. The maximum atomic E-state index is 11.1. The SMILES string of the molecule is CC(=O)Oc1cn(S(C)(=O)=O)c(C)n1. The van der Waals surface area contributed by atoms with Gasteiger partial charge in [0.15, 0.2) is 0 Å². The first-order chi connectivity index (χ1) is 6.30. The van der Waals surface area contributed by atoms with Crippen molar-refractivity contribution in [3.05, 3.63) is 12.0 Å². The number of imidazole rings is 1. The van der Waals surface area contributed by atoms with Gasteiger partial charge in [-0.2, -0.15) is 4.98 Å². The lowest BCUT2D eigenvalue weighted by Gasteiger charge is -1.98. The molecule has 0 aromatic carbocycles. The van der Waals surface area contributed by atoms with E-state index in [9.17, 15) is 13.2 Å². The van der Waals surface area contributed by atoms with E-state index in [1.807, 2.05) is 0 Å². The second kappa shape index (κ2) is 3.41. The van der Waals surface area contributed by atoms with Crippen molar-refractivity contribution in [3.8, 4) is 5.88 Å². The van der Waals surface area contributed by atoms with Gasteiger partial charge in [-0.25, -0.2) is 12.4 Å². The van der Waals surface area contributed by atoms with Gasteiger partial charge in [-0.1, -0.05) is 0 Å². The van der Waals surface area contributed by atoms with Crippen LogP contribution in [0.3, 0.4) is 0 Å². The van der Waals surface area contributed by atoms with E-state index in [0.29, 0.717) is 0 Å². The minimum Gasteiger partial charge on any atom is -0.406 e. The Kier molecular flexibility index (Phi) is 2.61. The Hall–Kier alpha value is -1.37. The van der Waals surface area contributed by atoms with Crippen LogP contribution in [0.1, 0.15) is 12.7 Å². The van der Waals surface area contributed by atoms with Crippen molar-refractivity contribution in [1.29, 1.82) is 0 Å². The maximum absolute atomic E-state index is 11.1. The number of hydrogen-bond donors (Lipinski definition) is 0. The first-order valence-electron chi connectivity index (χ1n) is 3.75. The van der Waals surface area contributed by atoms with Gasteiger partial charge in [0.2, 0.25) is 15.9 Å². The lowest BCUT2D eigenvalue weighted by molar-refractivity contribution is -0.132. The molecule has 0 bridgehead atoms. The Morgan fingerprint density at radius 1 is 1.57 bits per heavy atom. The van der Waals surface area contributed by atoms with E-state index in [4.69, 9.17) is 0 Å². The molecule has 1 heterocycles. The van der Waals surface area contributed by atoms with Crippen LogP contribution in [0, 0.1) is 6.92 Å². The monoisotopic (exact) mass is 218 g/mol. The predicted molar refractivity (Wildman–Crippen MR) is 48.5 cm³/mol. The fraction of sp³-hybridized carbons (Fsp3) is 0.429. The minimum atomic E-state index is -3.39. The molecule has 0 saturated carbocycles. The molecule has 7 heteroatoms. The molecule has 0 N–H and O–H groups in total. The van der Waals surface area contributed by atoms with E-state index in [0.717, 1.165) is 16.4 Å². The van der Waals surface area contributed by atoms with Crippen molar-refractivity contribution in [2.75, 3.05) is 6.26 Å². The summed E-state index contributed by atoms with van der Waals surface area (Å²) in [4.78, 5) is 14.3. The van der Waals surface area contributed by atoms with Gasteiger partial charge in [-0.05, 0) is 6.92 Å². The van der Waals surface area contributed by atoms with Crippen LogP contribution in [0.4, 0.5) is 0 Å². The van der Waals surface area contributed by atoms with Crippen LogP contribution >= 0.6 is 0 Å². The van der Waals surface area contributed by atoms with Gasteiger partial charge < -0.3 is 4.74 Å². The molecule has 0 aliphatic rings. The summed E-state index contributed by atoms with van der Waals surface area (Å²) in [5.74, 6) is -0.299. The summed E-state index contributed by atoms with van der Waals surface area (Å²) in [6.07, 6.45) is 2.20. The molecule has 0 aliphatic heterocycles. The molecule has 6 nitrogen and oxygen atoms in total. The van der Waals surface area contributed by atoms with Crippen LogP contribution < -0.4 is 4.74 Å². The van der Waals surface area contributed by atoms with Gasteiger partial charge in [-0.3, -0.25) is 4.79 Å². The zero-order valence-electron chi connectivity index (χ0n) is 8.01. The van der Waals surface area contributed by atoms with Crippen LogP contribution in [0.2, 0.25) is 0 Å². The largest absolute Gasteiger partial charge is 0.406 e. The third-order valence-corrected chi connectivity index (χ3v) is 2.51. The van der Waals surface area contributed by atoms with E-state index in [-0.39, 0.29) is 11.7 Å². The molecule has 0 spiro atoms. The first-order valence-corrected chi connectivity index (χ1v) is 5.60. The average molecular weight is 218 g/mol. The molecule has 1 aromatic heterocycles. The number of esters is 1. The highest BCUT2D eigenvalue weighted by Crippen LogP contribution is 2.12. The quantitative estimate of drug-likeness (QED) is 0.649. The molecule has 0 unspecified atom stereocenters. The number of hydrogen-bond acceptors (Lipinski definition) is 5. The molecule has 1 rings (SSSR count). The predicted octanol–water partition coefficient (Wildman–Crippen LogP) is -0.0755. The molecule has 0 amide bonds. The van der Waals surface area contributed by atoms with E-state index >= 15 is 0 Å². The molecule has 0 saturated heterocycles. The Bertz CT molecular complexity index is 460. The van der Waals surface area contributed by atoms with Crippen LogP contribution in [0.5, 0.6) is 5.88 Å². The summed E-state index contributed by atoms with van der Waals surface area (Å²) < 4.78 is 27.9. The fourth-order valence-electron chi connectivity index (χ4n) is 0.963. The molecule has 0 aliphatic carbocycles. The van der Waals surface area contributed by atoms with Crippen molar-refractivity contribution < 1.29 is 17.9 Å². The van der Waals surface area contributed by atoms with Gasteiger partial charge >= 0.3 is 5.97 Å². The van der Waals surface area contributed by atoms with Crippen molar-refractivity contribution in [2.45, 2.75) is 13.8 Å².